The van der Waals surface area contributed by atoms with E-state index in [0.717, 1.165) is 0 Å². The minimum absolute atomic E-state index is 0.183. The van der Waals surface area contributed by atoms with Gasteiger partial charge < -0.3 is 20.0 Å². The Hall–Kier alpha value is -2.80. The predicted molar refractivity (Wildman–Crippen MR) is 98.4 cm³/mol. The van der Waals surface area contributed by atoms with Gasteiger partial charge in [0.15, 0.2) is 5.76 Å². The maximum Gasteiger partial charge on any atom is 0.286 e. The number of nitrogens with zero attached hydrogens (tertiary/aromatic N) is 1. The fraction of sp³-hybridized carbons (Fsp3) is 0.278. The highest BCUT2D eigenvalue weighted by Gasteiger charge is 2.13. The van der Waals surface area contributed by atoms with Gasteiger partial charge in [-0.15, -0.1) is 0 Å². The smallest absolute Gasteiger partial charge is 0.286 e. The van der Waals surface area contributed by atoms with Crippen LogP contribution in [0.3, 0.4) is 0 Å². The number of benzene rings is 1. The Balaban J connectivity index is 1.83. The van der Waals surface area contributed by atoms with Crippen molar-refractivity contribution in [1.82, 2.24) is 10.2 Å². The van der Waals surface area contributed by atoms with Crippen molar-refractivity contribution in [3.8, 4) is 0 Å². The van der Waals surface area contributed by atoms with Crippen molar-refractivity contribution in [3.05, 3.63) is 52.9 Å². The van der Waals surface area contributed by atoms with Crippen LogP contribution in [0.5, 0.6) is 0 Å². The fourth-order valence-corrected chi connectivity index (χ4v) is 2.34. The molecule has 1 aromatic heterocycles. The average molecular weight is 378 g/mol. The summed E-state index contributed by atoms with van der Waals surface area (Å²) in [6.45, 7) is 0.333. The maximum absolute atomic E-state index is 12.1. The van der Waals surface area contributed by atoms with Gasteiger partial charge in [-0.1, -0.05) is 11.6 Å². The second-order valence-corrected chi connectivity index (χ2v) is 6.19. The summed E-state index contributed by atoms with van der Waals surface area (Å²) < 4.78 is 4.98. The predicted octanol–water partition coefficient (Wildman–Crippen LogP) is 2.78. The van der Waals surface area contributed by atoms with E-state index < -0.39 is 0 Å². The van der Waals surface area contributed by atoms with Gasteiger partial charge in [-0.25, -0.2) is 0 Å². The zero-order valence-electron chi connectivity index (χ0n) is 14.5. The zero-order valence-corrected chi connectivity index (χ0v) is 15.3. The normalized spacial score (nSPS) is 10.3. The van der Waals surface area contributed by atoms with Gasteiger partial charge >= 0.3 is 0 Å². The first-order valence-corrected chi connectivity index (χ1v) is 8.39. The van der Waals surface area contributed by atoms with Crippen molar-refractivity contribution in [1.29, 1.82) is 0 Å². The molecule has 7 nitrogen and oxygen atoms in total. The number of nitrogens with one attached hydrogen (secondary N) is 2. The highest BCUT2D eigenvalue weighted by atomic mass is 35.5. The van der Waals surface area contributed by atoms with Crippen molar-refractivity contribution in [2.24, 2.45) is 0 Å². The molecule has 0 aliphatic carbocycles. The monoisotopic (exact) mass is 377 g/mol. The molecule has 26 heavy (non-hydrogen) atoms. The van der Waals surface area contributed by atoms with E-state index in [2.05, 4.69) is 10.6 Å². The number of carbonyl (C=O) groups is 3. The second-order valence-electron chi connectivity index (χ2n) is 5.78. The first-order chi connectivity index (χ1) is 12.4. The van der Waals surface area contributed by atoms with Crippen molar-refractivity contribution in [3.63, 3.8) is 0 Å². The molecule has 2 aromatic rings. The van der Waals surface area contributed by atoms with Crippen molar-refractivity contribution in [2.75, 3.05) is 26.0 Å². The van der Waals surface area contributed by atoms with Gasteiger partial charge in [-0.3, -0.25) is 14.4 Å². The molecule has 0 fully saturated rings. The highest BCUT2D eigenvalue weighted by Crippen LogP contribution is 2.23. The number of rotatable bonds is 7. The minimum Gasteiger partial charge on any atom is -0.459 e. The first-order valence-electron chi connectivity index (χ1n) is 8.01. The van der Waals surface area contributed by atoms with Crippen LogP contribution in [0.4, 0.5) is 5.69 Å². The molecule has 2 rings (SSSR count). The van der Waals surface area contributed by atoms with Crippen molar-refractivity contribution >= 4 is 35.0 Å². The van der Waals surface area contributed by atoms with E-state index in [9.17, 15) is 14.4 Å². The number of carbonyl (C=O) groups excluding carboxylic acids is 3. The molecule has 2 N–H and O–H groups in total. The molecular formula is C18H20ClN3O4. The Labute approximate surface area is 156 Å². The van der Waals surface area contributed by atoms with Crippen molar-refractivity contribution in [2.45, 2.75) is 12.8 Å². The molecule has 138 valence electrons. The fourth-order valence-electron chi connectivity index (χ4n) is 2.17. The first kappa shape index (κ1) is 19.5. The SMILES string of the molecule is CN(C)C(=O)c1ccc(Cl)c(NC(=O)CCCNC(=O)c2ccco2)c1. The van der Waals surface area contributed by atoms with E-state index in [0.29, 0.717) is 29.2 Å². The Kier molecular flexibility index (Phi) is 6.80. The van der Waals surface area contributed by atoms with Crippen LogP contribution < -0.4 is 10.6 Å². The summed E-state index contributed by atoms with van der Waals surface area (Å²) in [4.78, 5) is 37.2. The van der Waals surface area contributed by atoms with Crippen LogP contribution in [0.2, 0.25) is 5.02 Å². The van der Waals surface area contributed by atoms with E-state index in [4.69, 9.17) is 16.0 Å². The molecule has 0 spiro atoms. The van der Waals surface area contributed by atoms with Crippen LogP contribution in [0.25, 0.3) is 0 Å². The summed E-state index contributed by atoms with van der Waals surface area (Å²) in [5.74, 6) is -0.539. The molecule has 0 atom stereocenters. The van der Waals surface area contributed by atoms with Crippen molar-refractivity contribution < 1.29 is 18.8 Å². The minimum atomic E-state index is -0.326. The molecule has 0 radical (unpaired) electrons. The average Bonchev–Trinajstić information content (AvgIpc) is 3.14. The summed E-state index contributed by atoms with van der Waals surface area (Å²) in [6, 6.07) is 7.90. The van der Waals surface area contributed by atoms with Crippen LogP contribution in [-0.2, 0) is 4.79 Å². The Morgan fingerprint density at radius 3 is 2.62 bits per heavy atom. The number of amides is 3. The van der Waals surface area contributed by atoms with E-state index in [1.165, 1.54) is 11.2 Å². The number of hydrogen-bond acceptors (Lipinski definition) is 4. The lowest BCUT2D eigenvalue weighted by Crippen LogP contribution is -2.25. The lowest BCUT2D eigenvalue weighted by Gasteiger charge is -2.13. The number of halogens is 1. The third kappa shape index (κ3) is 5.35. The molecule has 0 saturated heterocycles. The Bertz CT molecular complexity index is 788. The van der Waals surface area contributed by atoms with Gasteiger partial charge in [0.2, 0.25) is 5.91 Å². The molecule has 1 aromatic carbocycles. The van der Waals surface area contributed by atoms with Gasteiger partial charge in [-0.05, 0) is 36.8 Å². The van der Waals surface area contributed by atoms with Crippen LogP contribution in [0.15, 0.2) is 41.0 Å². The summed E-state index contributed by atoms with van der Waals surface area (Å²) in [7, 11) is 3.29. The van der Waals surface area contributed by atoms with Gasteiger partial charge in [0.05, 0.1) is 17.0 Å². The van der Waals surface area contributed by atoms with Gasteiger partial charge in [0, 0.05) is 32.6 Å². The summed E-state index contributed by atoms with van der Waals surface area (Å²) in [6.07, 6.45) is 2.06. The molecule has 8 heteroatoms. The second kappa shape index (κ2) is 9.05. The number of anilines is 1. The van der Waals surface area contributed by atoms with Gasteiger partial charge in [-0.2, -0.15) is 0 Å². The molecule has 0 bridgehead atoms. The number of furan rings is 1. The standard InChI is InChI=1S/C18H20ClN3O4/c1-22(2)18(25)12-7-8-13(19)14(11-12)21-16(23)6-3-9-20-17(24)15-5-4-10-26-15/h4-5,7-8,10-11H,3,6,9H2,1-2H3,(H,20,24)(H,21,23). The quantitative estimate of drug-likeness (QED) is 0.726. The van der Waals surface area contributed by atoms with Gasteiger partial charge in [0.25, 0.3) is 11.8 Å². The third-order valence-corrected chi connectivity index (χ3v) is 3.83. The molecule has 1 heterocycles. The van der Waals surface area contributed by atoms with Gasteiger partial charge in [0.1, 0.15) is 0 Å². The van der Waals surface area contributed by atoms with Crippen LogP contribution in [0.1, 0.15) is 33.8 Å². The lowest BCUT2D eigenvalue weighted by atomic mass is 10.1. The molecule has 3 amide bonds. The molecular weight excluding hydrogens is 358 g/mol. The van der Waals surface area contributed by atoms with E-state index in [1.807, 2.05) is 0 Å². The van der Waals surface area contributed by atoms with E-state index in [1.54, 1.807) is 44.4 Å². The lowest BCUT2D eigenvalue weighted by molar-refractivity contribution is -0.116. The van der Waals surface area contributed by atoms with Crippen LogP contribution in [0, 0.1) is 0 Å². The maximum atomic E-state index is 12.1. The number of hydrogen-bond donors (Lipinski definition) is 2. The van der Waals surface area contributed by atoms with Crippen LogP contribution in [-0.4, -0.2) is 43.3 Å². The van der Waals surface area contributed by atoms with Crippen LogP contribution >= 0.6 is 11.6 Å². The summed E-state index contributed by atoms with van der Waals surface area (Å²) in [5, 5.41) is 5.70. The molecule has 0 saturated carbocycles. The largest absolute Gasteiger partial charge is 0.459 e. The zero-order chi connectivity index (χ0) is 19.1. The summed E-state index contributed by atoms with van der Waals surface area (Å²) >= 11 is 6.08. The molecule has 0 unspecified atom stereocenters. The molecule has 0 aliphatic rings. The topological polar surface area (TPSA) is 91.7 Å². The van der Waals surface area contributed by atoms with E-state index in [-0.39, 0.29) is 29.9 Å². The molecule has 0 aliphatic heterocycles. The Morgan fingerprint density at radius 2 is 1.96 bits per heavy atom. The third-order valence-electron chi connectivity index (χ3n) is 3.50. The highest BCUT2D eigenvalue weighted by molar-refractivity contribution is 6.33. The Morgan fingerprint density at radius 1 is 1.19 bits per heavy atom. The summed E-state index contributed by atoms with van der Waals surface area (Å²) in [5.41, 5.74) is 0.810. The van der Waals surface area contributed by atoms with E-state index >= 15 is 0 Å².